The fourth-order valence-corrected chi connectivity index (χ4v) is 8.42. The minimum Gasteiger partial charge on any atom is -0.463 e. The Balaban J connectivity index is 1.63. The van der Waals surface area contributed by atoms with Gasteiger partial charge in [0.05, 0.1) is 6.61 Å². The molecule has 4 aromatic rings. The van der Waals surface area contributed by atoms with Gasteiger partial charge in [0, 0.05) is 45.6 Å². The lowest BCUT2D eigenvalue weighted by Gasteiger charge is -2.56. The molecule has 6 heteroatoms. The summed E-state index contributed by atoms with van der Waals surface area (Å²) in [7, 11) is 0. The van der Waals surface area contributed by atoms with E-state index >= 15 is 19.2 Å². The van der Waals surface area contributed by atoms with E-state index in [2.05, 4.69) is 6.58 Å². The number of hydrogen-bond acceptors (Lipinski definition) is 6. The zero-order valence-corrected chi connectivity index (χ0v) is 24.7. The molecule has 7 rings (SSSR count). The topological polar surface area (TPSA) is 94.6 Å². The van der Waals surface area contributed by atoms with Gasteiger partial charge >= 0.3 is 5.97 Å². The van der Waals surface area contributed by atoms with Crippen LogP contribution < -0.4 is 0 Å². The van der Waals surface area contributed by atoms with Crippen molar-refractivity contribution in [2.24, 2.45) is 16.7 Å². The summed E-state index contributed by atoms with van der Waals surface area (Å²) in [5.41, 5.74) is -1.81. The Morgan fingerprint density at radius 2 is 1.04 bits per heavy atom. The van der Waals surface area contributed by atoms with Crippen LogP contribution in [-0.4, -0.2) is 35.7 Å². The van der Waals surface area contributed by atoms with Crippen LogP contribution in [0.25, 0.3) is 0 Å². The van der Waals surface area contributed by atoms with Gasteiger partial charge in [-0.05, 0) is 24.5 Å². The average molecular weight is 595 g/mol. The van der Waals surface area contributed by atoms with Gasteiger partial charge in [0.25, 0.3) is 0 Å². The van der Waals surface area contributed by atoms with Gasteiger partial charge in [-0.1, -0.05) is 116 Å². The van der Waals surface area contributed by atoms with Gasteiger partial charge in [0.1, 0.15) is 10.8 Å². The Bertz CT molecular complexity index is 1850. The SMILES string of the molecule is C=C(C(=O)OCC)[C@@H]1C[C@H](c2ccccc2)C2(C(=O)c3ccccc3C2=O)[C@H](c2ccccc2)C12C(=O)c1ccccc1C2=O. The molecule has 0 amide bonds. The molecule has 1 fully saturated rings. The van der Waals surface area contributed by atoms with Crippen LogP contribution in [-0.2, 0) is 9.53 Å². The van der Waals surface area contributed by atoms with Crippen molar-refractivity contribution in [3.63, 3.8) is 0 Å². The van der Waals surface area contributed by atoms with Gasteiger partial charge in [-0.3, -0.25) is 19.2 Å². The van der Waals surface area contributed by atoms with Gasteiger partial charge in [-0.25, -0.2) is 4.79 Å². The minimum atomic E-state index is -2.02. The van der Waals surface area contributed by atoms with Crippen molar-refractivity contribution in [1.82, 2.24) is 0 Å². The van der Waals surface area contributed by atoms with E-state index in [4.69, 9.17) is 4.74 Å². The smallest absolute Gasteiger partial charge is 0.333 e. The summed E-state index contributed by atoms with van der Waals surface area (Å²) in [5.74, 6) is -5.76. The van der Waals surface area contributed by atoms with E-state index in [-0.39, 0.29) is 40.9 Å². The molecule has 6 nitrogen and oxygen atoms in total. The fourth-order valence-electron chi connectivity index (χ4n) is 8.42. The van der Waals surface area contributed by atoms with Gasteiger partial charge in [0.2, 0.25) is 0 Å². The summed E-state index contributed by atoms with van der Waals surface area (Å²) in [6.45, 7) is 5.89. The zero-order valence-electron chi connectivity index (χ0n) is 24.7. The summed E-state index contributed by atoms with van der Waals surface area (Å²) in [6.07, 6.45) is -0.0259. The number of fused-ring (bicyclic) bond motifs is 2. The molecule has 1 saturated carbocycles. The third kappa shape index (κ3) is 3.65. The highest BCUT2D eigenvalue weighted by Gasteiger charge is 2.77. The number of carbonyl (C=O) groups is 5. The molecule has 222 valence electrons. The quantitative estimate of drug-likeness (QED) is 0.143. The lowest BCUT2D eigenvalue weighted by molar-refractivity contribution is -0.139. The monoisotopic (exact) mass is 594 g/mol. The molecule has 2 spiro atoms. The Morgan fingerprint density at radius 3 is 1.49 bits per heavy atom. The maximum absolute atomic E-state index is 15.1. The highest BCUT2D eigenvalue weighted by Crippen LogP contribution is 2.71. The van der Waals surface area contributed by atoms with Crippen LogP contribution >= 0.6 is 0 Å². The summed E-state index contributed by atoms with van der Waals surface area (Å²) >= 11 is 0. The first-order chi connectivity index (χ1) is 21.8. The van der Waals surface area contributed by atoms with Crippen molar-refractivity contribution in [1.29, 1.82) is 0 Å². The van der Waals surface area contributed by atoms with Gasteiger partial charge in [-0.2, -0.15) is 0 Å². The molecule has 4 aromatic carbocycles. The molecule has 0 heterocycles. The first-order valence-corrected chi connectivity index (χ1v) is 15.1. The number of esters is 1. The molecular formula is C39H30O6. The van der Waals surface area contributed by atoms with Crippen LogP contribution in [0.1, 0.15) is 77.7 Å². The predicted molar refractivity (Wildman–Crippen MR) is 167 cm³/mol. The van der Waals surface area contributed by atoms with Crippen LogP contribution in [0.4, 0.5) is 0 Å². The Hall–Kier alpha value is -5.23. The summed E-state index contributed by atoms with van der Waals surface area (Å²) in [6, 6.07) is 31.3. The molecular weight excluding hydrogens is 564 g/mol. The number of benzene rings is 4. The highest BCUT2D eigenvalue weighted by atomic mass is 16.5. The second-order valence-electron chi connectivity index (χ2n) is 12.0. The molecule has 3 aliphatic carbocycles. The maximum Gasteiger partial charge on any atom is 0.333 e. The average Bonchev–Trinajstić information content (AvgIpc) is 3.43. The minimum absolute atomic E-state index is 0.0259. The molecule has 45 heavy (non-hydrogen) atoms. The molecule has 0 bridgehead atoms. The van der Waals surface area contributed by atoms with Gasteiger partial charge in [-0.15, -0.1) is 0 Å². The van der Waals surface area contributed by atoms with Crippen molar-refractivity contribution in [2.75, 3.05) is 6.61 Å². The number of hydrogen-bond donors (Lipinski definition) is 0. The standard InChI is InChI=1S/C39H30O6/c1-3-45-37(44)23(2)30-22-31(24-14-6-4-7-15-24)39(35(42)28-20-12-13-21-29(28)36(39)43)32(25-16-8-5-9-17-25)38(30)33(40)26-18-10-11-19-27(26)34(38)41/h4-21,30-32H,2-3,22H2,1H3/t30-,31+,32+/m0/s1. The molecule has 0 saturated heterocycles. The van der Waals surface area contributed by atoms with Crippen molar-refractivity contribution in [2.45, 2.75) is 25.2 Å². The largest absolute Gasteiger partial charge is 0.463 e. The number of ketones is 4. The van der Waals surface area contributed by atoms with Crippen LogP contribution in [0.15, 0.2) is 121 Å². The first kappa shape index (κ1) is 28.5. The van der Waals surface area contributed by atoms with E-state index in [0.29, 0.717) is 11.1 Å². The number of Topliss-reactive ketones (excluding diaryl/α,β-unsaturated/α-hetero) is 4. The van der Waals surface area contributed by atoms with Gasteiger partial charge < -0.3 is 4.74 Å². The molecule has 0 unspecified atom stereocenters. The van der Waals surface area contributed by atoms with Crippen molar-refractivity contribution in [3.05, 3.63) is 155 Å². The predicted octanol–water partition coefficient (Wildman–Crippen LogP) is 6.82. The molecule has 0 N–H and O–H groups in total. The van der Waals surface area contributed by atoms with E-state index < -0.39 is 57.7 Å². The van der Waals surface area contributed by atoms with E-state index in [9.17, 15) is 4.79 Å². The second-order valence-corrected chi connectivity index (χ2v) is 12.0. The zero-order chi connectivity index (χ0) is 31.5. The fraction of sp³-hybridized carbons (Fsp3) is 0.205. The van der Waals surface area contributed by atoms with Crippen LogP contribution in [0.3, 0.4) is 0 Å². The molecule has 3 atom stereocenters. The summed E-state index contributed by atoms with van der Waals surface area (Å²) in [5, 5.41) is 0. The Kier molecular flexibility index (Phi) is 6.62. The number of ether oxygens (including phenoxy) is 1. The van der Waals surface area contributed by atoms with Crippen LogP contribution in [0.5, 0.6) is 0 Å². The molecule has 0 aromatic heterocycles. The second kappa shape index (κ2) is 10.4. The number of carbonyl (C=O) groups excluding carboxylic acids is 5. The summed E-state index contributed by atoms with van der Waals surface area (Å²) < 4.78 is 5.40. The van der Waals surface area contributed by atoms with E-state index in [1.807, 2.05) is 30.3 Å². The third-order valence-corrected chi connectivity index (χ3v) is 10.1. The lowest BCUT2D eigenvalue weighted by atomic mass is 9.41. The van der Waals surface area contributed by atoms with Crippen LogP contribution in [0.2, 0.25) is 0 Å². The Labute approximate surface area is 260 Å². The molecule has 0 radical (unpaired) electrons. The molecule has 0 aliphatic heterocycles. The number of rotatable bonds is 5. The van der Waals surface area contributed by atoms with Crippen molar-refractivity contribution < 1.29 is 28.7 Å². The van der Waals surface area contributed by atoms with Gasteiger partial charge in [0.15, 0.2) is 23.1 Å². The molecule has 3 aliphatic rings. The summed E-state index contributed by atoms with van der Waals surface area (Å²) in [4.78, 5) is 74.0. The lowest BCUT2D eigenvalue weighted by Crippen LogP contribution is -2.62. The van der Waals surface area contributed by atoms with E-state index in [0.717, 1.165) is 0 Å². The first-order valence-electron chi connectivity index (χ1n) is 15.1. The van der Waals surface area contributed by atoms with Crippen molar-refractivity contribution in [3.8, 4) is 0 Å². The Morgan fingerprint density at radius 1 is 0.644 bits per heavy atom. The normalized spacial score (nSPS) is 22.4. The van der Waals surface area contributed by atoms with Crippen molar-refractivity contribution >= 4 is 29.1 Å². The highest BCUT2D eigenvalue weighted by molar-refractivity contribution is 6.35. The maximum atomic E-state index is 15.1. The van der Waals surface area contributed by atoms with E-state index in [1.165, 1.54) is 0 Å². The third-order valence-electron chi connectivity index (χ3n) is 10.1. The van der Waals surface area contributed by atoms with E-state index in [1.54, 1.807) is 85.8 Å². The van der Waals surface area contributed by atoms with Crippen LogP contribution in [0, 0.1) is 16.7 Å².